The molecule has 200 valence electrons. The topological polar surface area (TPSA) is 128 Å². The number of halogens is 2. The predicted octanol–water partition coefficient (Wildman–Crippen LogP) is 4.71. The summed E-state index contributed by atoms with van der Waals surface area (Å²) in [5.41, 5.74) is 12.3. The van der Waals surface area contributed by atoms with Gasteiger partial charge in [-0.05, 0) is 44.4 Å². The molecule has 1 saturated carbocycles. The maximum Gasteiger partial charge on any atom is 0.243 e. The van der Waals surface area contributed by atoms with Crippen LogP contribution in [0.4, 0.5) is 26.2 Å². The molecular formula is C26H32F2N10. The first-order valence-electron chi connectivity index (χ1n) is 13.1. The normalized spacial score (nSPS) is 27.7. The summed E-state index contributed by atoms with van der Waals surface area (Å²) < 4.78 is 27.1. The van der Waals surface area contributed by atoms with E-state index in [-0.39, 0.29) is 23.8 Å². The van der Waals surface area contributed by atoms with Crippen LogP contribution in [0.2, 0.25) is 0 Å². The number of pyridine rings is 1. The average Bonchev–Trinajstić information content (AvgIpc) is 3.22. The number of hydrogen-bond acceptors (Lipinski definition) is 9. The van der Waals surface area contributed by atoms with Crippen molar-refractivity contribution < 1.29 is 8.78 Å². The fraction of sp³-hybridized carbons (Fsp3) is 0.538. The Balaban J connectivity index is 1.28. The van der Waals surface area contributed by atoms with E-state index in [1.807, 2.05) is 38.4 Å². The van der Waals surface area contributed by atoms with E-state index in [1.165, 1.54) is 0 Å². The molecule has 1 unspecified atom stereocenters. The van der Waals surface area contributed by atoms with Crippen molar-refractivity contribution in [2.45, 2.75) is 57.5 Å². The van der Waals surface area contributed by atoms with Crippen LogP contribution in [-0.4, -0.2) is 63.4 Å². The lowest BCUT2D eigenvalue weighted by Crippen LogP contribution is -2.30. The molecular weight excluding hydrogens is 490 g/mol. The third kappa shape index (κ3) is 3.76. The number of fused-ring (bicyclic) bond motifs is 3. The van der Waals surface area contributed by atoms with E-state index in [4.69, 9.17) is 25.6 Å². The lowest BCUT2D eigenvalue weighted by molar-refractivity contribution is 0.133. The van der Waals surface area contributed by atoms with E-state index >= 15 is 0 Å². The van der Waals surface area contributed by atoms with Crippen LogP contribution in [-0.2, 0) is 6.42 Å². The lowest BCUT2D eigenvalue weighted by Gasteiger charge is -2.22. The van der Waals surface area contributed by atoms with Crippen molar-refractivity contribution in [3.8, 4) is 11.3 Å². The zero-order valence-electron chi connectivity index (χ0n) is 21.7. The number of aliphatic imine (C=N–C) groups is 1. The number of rotatable bonds is 9. The molecule has 12 heteroatoms. The van der Waals surface area contributed by atoms with E-state index < -0.39 is 12.0 Å². The molecule has 2 aliphatic heterocycles. The molecule has 1 aliphatic carbocycles. The molecule has 0 bridgehead atoms. The summed E-state index contributed by atoms with van der Waals surface area (Å²) in [4.78, 5) is 14.4. The highest BCUT2D eigenvalue weighted by atomic mass is 19.3. The highest BCUT2D eigenvalue weighted by Crippen LogP contribution is 2.61. The van der Waals surface area contributed by atoms with Crippen molar-refractivity contribution >= 4 is 28.7 Å². The van der Waals surface area contributed by atoms with E-state index in [9.17, 15) is 8.78 Å². The van der Waals surface area contributed by atoms with Gasteiger partial charge in [0.15, 0.2) is 5.82 Å². The summed E-state index contributed by atoms with van der Waals surface area (Å²) >= 11 is 0. The second-order valence-corrected chi connectivity index (χ2v) is 10.8. The fourth-order valence-corrected chi connectivity index (χ4v) is 6.31. The minimum Gasteiger partial charge on any atom is -0.371 e. The van der Waals surface area contributed by atoms with Crippen molar-refractivity contribution in [3.05, 3.63) is 30.1 Å². The molecule has 3 aromatic heterocycles. The largest absolute Gasteiger partial charge is 0.371 e. The van der Waals surface area contributed by atoms with Crippen LogP contribution in [0.25, 0.3) is 16.8 Å². The van der Waals surface area contributed by atoms with Crippen molar-refractivity contribution in [2.24, 2.45) is 21.4 Å². The number of aromatic nitrogens is 4. The number of alkyl halides is 2. The van der Waals surface area contributed by atoms with Gasteiger partial charge in [0.05, 0.1) is 23.1 Å². The van der Waals surface area contributed by atoms with Gasteiger partial charge in [-0.1, -0.05) is 6.92 Å². The van der Waals surface area contributed by atoms with Gasteiger partial charge < -0.3 is 16.0 Å². The SMILES string of the molecule is CNc1nc(N[C@@H]2[C@]3(C)CNC[C@]23N=N)nn2ccc(-c3ccc4c(n3)CC(CCCC(F)F)C(C)=N4)c12. The monoisotopic (exact) mass is 522 g/mol. The van der Waals surface area contributed by atoms with Crippen molar-refractivity contribution in [3.63, 3.8) is 0 Å². The molecule has 10 nitrogen and oxygen atoms in total. The van der Waals surface area contributed by atoms with Crippen LogP contribution in [0, 0.1) is 16.9 Å². The molecule has 3 aliphatic rings. The molecule has 4 atom stereocenters. The first-order valence-corrected chi connectivity index (χ1v) is 13.1. The van der Waals surface area contributed by atoms with Gasteiger partial charge in [-0.3, -0.25) is 9.98 Å². The van der Waals surface area contributed by atoms with Gasteiger partial charge >= 0.3 is 0 Å². The summed E-state index contributed by atoms with van der Waals surface area (Å²) in [6.07, 6.45) is 1.37. The highest BCUT2D eigenvalue weighted by molar-refractivity contribution is 5.90. The number of nitrogens with one attached hydrogen (secondary N) is 4. The fourth-order valence-electron chi connectivity index (χ4n) is 6.31. The maximum atomic E-state index is 12.6. The van der Waals surface area contributed by atoms with Crippen LogP contribution >= 0.6 is 0 Å². The molecule has 0 aromatic carbocycles. The molecule has 0 amide bonds. The van der Waals surface area contributed by atoms with E-state index in [2.05, 4.69) is 28.0 Å². The number of nitrogens with zero attached hydrogens (tertiary/aromatic N) is 6. The molecule has 5 heterocycles. The van der Waals surface area contributed by atoms with E-state index in [0.717, 1.165) is 40.4 Å². The first-order chi connectivity index (χ1) is 18.3. The Morgan fingerprint density at radius 1 is 1.26 bits per heavy atom. The molecule has 3 aromatic rings. The number of piperidine rings is 1. The summed E-state index contributed by atoms with van der Waals surface area (Å²) in [7, 11) is 1.82. The quantitative estimate of drug-likeness (QED) is 0.302. The zero-order valence-corrected chi connectivity index (χ0v) is 21.7. The minimum absolute atomic E-state index is 0.00842. The summed E-state index contributed by atoms with van der Waals surface area (Å²) in [5, 5.41) is 18.6. The van der Waals surface area contributed by atoms with Gasteiger partial charge in [0.1, 0.15) is 11.1 Å². The molecule has 38 heavy (non-hydrogen) atoms. The van der Waals surface area contributed by atoms with Gasteiger partial charge in [0.2, 0.25) is 12.4 Å². The number of hydrogen-bond donors (Lipinski definition) is 4. The Morgan fingerprint density at radius 2 is 2.11 bits per heavy atom. The Bertz CT molecular complexity index is 1430. The zero-order chi connectivity index (χ0) is 26.7. The predicted molar refractivity (Wildman–Crippen MR) is 142 cm³/mol. The summed E-state index contributed by atoms with van der Waals surface area (Å²) in [6, 6.07) is 5.89. The van der Waals surface area contributed by atoms with Gasteiger partial charge in [0, 0.05) is 55.4 Å². The smallest absolute Gasteiger partial charge is 0.243 e. The number of anilines is 2. The van der Waals surface area contributed by atoms with Crippen LogP contribution in [0.5, 0.6) is 0 Å². The van der Waals surface area contributed by atoms with Crippen LogP contribution < -0.4 is 16.0 Å². The van der Waals surface area contributed by atoms with Crippen LogP contribution in [0.15, 0.2) is 34.5 Å². The maximum absolute atomic E-state index is 12.6. The molecule has 2 fully saturated rings. The summed E-state index contributed by atoms with van der Waals surface area (Å²) in [5.74, 6) is 1.26. The average molecular weight is 523 g/mol. The summed E-state index contributed by atoms with van der Waals surface area (Å²) in [6.45, 7) is 5.56. The van der Waals surface area contributed by atoms with Crippen LogP contribution in [0.3, 0.4) is 0 Å². The Kier molecular flexibility index (Phi) is 5.89. The first kappa shape index (κ1) is 24.8. The third-order valence-corrected chi connectivity index (χ3v) is 8.66. The van der Waals surface area contributed by atoms with E-state index in [1.54, 1.807) is 4.52 Å². The Morgan fingerprint density at radius 3 is 2.84 bits per heavy atom. The van der Waals surface area contributed by atoms with E-state index in [0.29, 0.717) is 37.6 Å². The van der Waals surface area contributed by atoms with Crippen molar-refractivity contribution in [2.75, 3.05) is 30.8 Å². The van der Waals surface area contributed by atoms with Gasteiger partial charge in [-0.2, -0.15) is 10.1 Å². The third-order valence-electron chi connectivity index (χ3n) is 8.66. The van der Waals surface area contributed by atoms with Crippen molar-refractivity contribution in [1.29, 1.82) is 5.53 Å². The standard InChI is InChI=1S/C26H32F2N10/c1-14-15(5-4-6-20(27)28)11-19-18(32-14)8-7-17(33-19)16-9-10-38-21(16)22(30-3)34-24(36-38)35-23-25(2)12-31-13-26(23,25)37-29/h7-10,15,20,23,29,31H,4-6,11-13H2,1-3H3,(H2,30,34,35,36)/t15?,23-,25+,26+/m1/s1. The van der Waals surface area contributed by atoms with Gasteiger partial charge in [-0.25, -0.2) is 18.8 Å². The molecule has 0 radical (unpaired) electrons. The van der Waals surface area contributed by atoms with Crippen LogP contribution in [0.1, 0.15) is 38.8 Å². The Hall–Kier alpha value is -3.54. The highest BCUT2D eigenvalue weighted by Gasteiger charge is 2.78. The molecule has 6 rings (SSSR count). The van der Waals surface area contributed by atoms with Gasteiger partial charge in [-0.15, -0.1) is 5.10 Å². The second kappa shape index (κ2) is 9.04. The van der Waals surface area contributed by atoms with Gasteiger partial charge in [0.25, 0.3) is 0 Å². The van der Waals surface area contributed by atoms with Crippen molar-refractivity contribution in [1.82, 2.24) is 24.9 Å². The minimum atomic E-state index is -2.27. The Labute approximate surface area is 219 Å². The lowest BCUT2D eigenvalue weighted by atomic mass is 9.89. The molecule has 4 N–H and O–H groups in total. The molecule has 1 saturated heterocycles. The second-order valence-electron chi connectivity index (χ2n) is 10.8. The molecule has 0 spiro atoms.